The lowest BCUT2D eigenvalue weighted by molar-refractivity contribution is -0.384. The molecule has 0 amide bonds. The second-order valence-electron chi connectivity index (χ2n) is 4.09. The van der Waals surface area contributed by atoms with E-state index in [0.29, 0.717) is 5.69 Å². The van der Waals surface area contributed by atoms with Crippen LogP contribution in [0.15, 0.2) is 18.2 Å². The van der Waals surface area contributed by atoms with Crippen LogP contribution in [0.25, 0.3) is 0 Å². The molecule has 0 saturated heterocycles. The largest absolute Gasteiger partial charge is 0.380 e. The minimum Gasteiger partial charge on any atom is -0.380 e. The van der Waals surface area contributed by atoms with Crippen molar-refractivity contribution < 1.29 is 4.92 Å². The number of nitrogens with one attached hydrogen (secondary N) is 1. The molecule has 0 fully saturated rings. The van der Waals surface area contributed by atoms with Crippen LogP contribution in [0.3, 0.4) is 0 Å². The first-order valence-corrected chi connectivity index (χ1v) is 4.33. The average Bonchev–Trinajstić information content (AvgIpc) is 2.01. The summed E-state index contributed by atoms with van der Waals surface area (Å²) in [5.41, 5.74) is 0.605. The molecule has 0 aromatic heterocycles. The molecule has 0 bridgehead atoms. The molecular formula is C10H13N2O2. The Hall–Kier alpha value is -1.58. The van der Waals surface area contributed by atoms with Gasteiger partial charge in [0.05, 0.1) is 4.92 Å². The standard InChI is InChI=1S/C10H13N2O2/c1-10(2,3)11-8-5-4-6-9(7-8)12(13)14/h4,6-7,11H,1-3H3. The normalized spacial score (nSPS) is 11.1. The van der Waals surface area contributed by atoms with Crippen molar-refractivity contribution in [3.8, 4) is 0 Å². The zero-order valence-electron chi connectivity index (χ0n) is 8.50. The first-order valence-electron chi connectivity index (χ1n) is 4.33. The Morgan fingerprint density at radius 1 is 1.50 bits per heavy atom. The van der Waals surface area contributed by atoms with E-state index in [1.807, 2.05) is 20.8 Å². The summed E-state index contributed by atoms with van der Waals surface area (Å²) >= 11 is 0. The first-order chi connectivity index (χ1) is 6.38. The van der Waals surface area contributed by atoms with Crippen molar-refractivity contribution in [2.45, 2.75) is 26.3 Å². The summed E-state index contributed by atoms with van der Waals surface area (Å²) in [5.74, 6) is 0. The van der Waals surface area contributed by atoms with Crippen LogP contribution in [0.1, 0.15) is 20.8 Å². The lowest BCUT2D eigenvalue weighted by atomic mass is 10.1. The summed E-state index contributed by atoms with van der Waals surface area (Å²) in [4.78, 5) is 10.1. The van der Waals surface area contributed by atoms with Gasteiger partial charge in [-0.15, -0.1) is 0 Å². The number of hydrogen-bond acceptors (Lipinski definition) is 3. The number of rotatable bonds is 2. The first kappa shape index (κ1) is 10.5. The number of nitro groups is 1. The maximum absolute atomic E-state index is 10.5. The number of non-ortho nitro benzene ring substituents is 1. The highest BCUT2D eigenvalue weighted by Crippen LogP contribution is 2.19. The second-order valence-corrected chi connectivity index (χ2v) is 4.09. The summed E-state index contributed by atoms with van der Waals surface area (Å²) in [6.45, 7) is 5.96. The van der Waals surface area contributed by atoms with Crippen LogP contribution >= 0.6 is 0 Å². The molecule has 4 heteroatoms. The molecule has 14 heavy (non-hydrogen) atoms. The van der Waals surface area contributed by atoms with Crippen LogP contribution < -0.4 is 5.32 Å². The Balaban J connectivity index is 2.89. The molecule has 4 nitrogen and oxygen atoms in total. The molecule has 0 unspecified atom stereocenters. The summed E-state index contributed by atoms with van der Waals surface area (Å²) < 4.78 is 0. The minimum atomic E-state index is -0.415. The molecule has 1 N–H and O–H groups in total. The Labute approximate surface area is 83.1 Å². The molecule has 0 aliphatic rings. The minimum absolute atomic E-state index is 0.0792. The fourth-order valence-electron chi connectivity index (χ4n) is 1.04. The summed E-state index contributed by atoms with van der Waals surface area (Å²) in [6, 6.07) is 7.35. The van der Waals surface area contributed by atoms with Crippen LogP contribution in [0.2, 0.25) is 0 Å². The summed E-state index contributed by atoms with van der Waals surface area (Å²) in [5, 5.41) is 13.6. The second kappa shape index (κ2) is 3.65. The van der Waals surface area contributed by atoms with E-state index < -0.39 is 4.92 Å². The maximum atomic E-state index is 10.5. The van der Waals surface area contributed by atoms with Crippen molar-refractivity contribution in [1.29, 1.82) is 0 Å². The van der Waals surface area contributed by atoms with E-state index in [1.165, 1.54) is 12.1 Å². The van der Waals surface area contributed by atoms with Crippen molar-refractivity contribution in [1.82, 2.24) is 0 Å². The van der Waals surface area contributed by atoms with Gasteiger partial charge in [-0.25, -0.2) is 0 Å². The molecule has 1 rings (SSSR count). The van der Waals surface area contributed by atoms with Gasteiger partial charge in [0.25, 0.3) is 5.69 Å². The Morgan fingerprint density at radius 2 is 2.14 bits per heavy atom. The Kier molecular flexibility index (Phi) is 2.74. The van der Waals surface area contributed by atoms with Crippen molar-refractivity contribution >= 4 is 11.4 Å². The van der Waals surface area contributed by atoms with E-state index in [1.54, 1.807) is 6.07 Å². The molecular weight excluding hydrogens is 180 g/mol. The van der Waals surface area contributed by atoms with Crippen LogP contribution in [0, 0.1) is 16.2 Å². The van der Waals surface area contributed by atoms with Crippen LogP contribution in [-0.2, 0) is 0 Å². The van der Waals surface area contributed by atoms with Crippen LogP contribution in [0.4, 0.5) is 11.4 Å². The number of nitrogens with zero attached hydrogens (tertiary/aromatic N) is 1. The van der Waals surface area contributed by atoms with Gasteiger partial charge in [0.15, 0.2) is 0 Å². The third-order valence-corrected chi connectivity index (χ3v) is 1.51. The lowest BCUT2D eigenvalue weighted by Gasteiger charge is -2.21. The smallest absolute Gasteiger partial charge is 0.271 e. The summed E-state index contributed by atoms with van der Waals surface area (Å²) in [7, 11) is 0. The topological polar surface area (TPSA) is 55.2 Å². The molecule has 0 spiro atoms. The molecule has 0 atom stereocenters. The Morgan fingerprint density at radius 3 is 2.64 bits per heavy atom. The highest BCUT2D eigenvalue weighted by atomic mass is 16.6. The highest BCUT2D eigenvalue weighted by molar-refractivity contribution is 5.51. The van der Waals surface area contributed by atoms with Crippen molar-refractivity contribution in [2.75, 3.05) is 5.32 Å². The zero-order valence-corrected chi connectivity index (χ0v) is 8.50. The van der Waals surface area contributed by atoms with E-state index in [0.717, 1.165) is 0 Å². The number of anilines is 1. The van der Waals surface area contributed by atoms with Gasteiger partial charge in [-0.2, -0.15) is 0 Å². The average molecular weight is 193 g/mol. The summed E-state index contributed by atoms with van der Waals surface area (Å²) in [6.07, 6.45) is 0. The van der Waals surface area contributed by atoms with Gasteiger partial charge in [-0.1, -0.05) is 0 Å². The Bertz CT molecular complexity index is 342. The SMILES string of the molecule is CC(C)(C)Nc1[c]ccc([N+](=O)[O-])c1. The van der Waals surface area contributed by atoms with E-state index in [9.17, 15) is 10.1 Å². The van der Waals surface area contributed by atoms with Gasteiger partial charge < -0.3 is 5.32 Å². The lowest BCUT2D eigenvalue weighted by Crippen LogP contribution is -2.26. The highest BCUT2D eigenvalue weighted by Gasteiger charge is 2.11. The molecule has 1 aromatic rings. The third kappa shape index (κ3) is 3.05. The number of nitro benzene ring substituents is 1. The van der Waals surface area contributed by atoms with E-state index in [-0.39, 0.29) is 11.2 Å². The van der Waals surface area contributed by atoms with E-state index >= 15 is 0 Å². The molecule has 1 aromatic carbocycles. The van der Waals surface area contributed by atoms with Gasteiger partial charge >= 0.3 is 0 Å². The van der Waals surface area contributed by atoms with Gasteiger partial charge in [0.2, 0.25) is 0 Å². The van der Waals surface area contributed by atoms with E-state index in [4.69, 9.17) is 0 Å². The molecule has 75 valence electrons. The molecule has 1 radical (unpaired) electrons. The van der Waals surface area contributed by atoms with Crippen molar-refractivity contribution in [2.24, 2.45) is 0 Å². The molecule has 0 aliphatic carbocycles. The van der Waals surface area contributed by atoms with Gasteiger partial charge in [-0.3, -0.25) is 10.1 Å². The predicted octanol–water partition coefficient (Wildman–Crippen LogP) is 2.61. The predicted molar refractivity (Wildman–Crippen MR) is 55.3 cm³/mol. The van der Waals surface area contributed by atoms with E-state index in [2.05, 4.69) is 11.4 Å². The maximum Gasteiger partial charge on any atom is 0.271 e. The molecule has 0 aliphatic heterocycles. The van der Waals surface area contributed by atoms with Crippen molar-refractivity contribution in [3.63, 3.8) is 0 Å². The molecule has 0 heterocycles. The van der Waals surface area contributed by atoms with Gasteiger partial charge in [-0.05, 0) is 26.8 Å². The van der Waals surface area contributed by atoms with Crippen molar-refractivity contribution in [3.05, 3.63) is 34.4 Å². The zero-order chi connectivity index (χ0) is 10.8. The fourth-order valence-corrected chi connectivity index (χ4v) is 1.04. The number of hydrogen-bond donors (Lipinski definition) is 1. The monoisotopic (exact) mass is 193 g/mol. The van der Waals surface area contributed by atoms with Crippen LogP contribution in [-0.4, -0.2) is 10.5 Å². The van der Waals surface area contributed by atoms with Gasteiger partial charge in [0, 0.05) is 29.4 Å². The molecule has 0 saturated carbocycles. The van der Waals surface area contributed by atoms with Crippen LogP contribution in [0.5, 0.6) is 0 Å². The quantitative estimate of drug-likeness (QED) is 0.580. The fraction of sp³-hybridized carbons (Fsp3) is 0.400. The van der Waals surface area contributed by atoms with Gasteiger partial charge in [0.1, 0.15) is 0 Å². The number of benzene rings is 1. The third-order valence-electron chi connectivity index (χ3n) is 1.51.